The van der Waals surface area contributed by atoms with Crippen LogP contribution in [0.2, 0.25) is 0 Å². The number of carbonyl (C=O) groups excluding carboxylic acids is 1. The van der Waals surface area contributed by atoms with E-state index in [1.54, 1.807) is 20.5 Å². The molecule has 2 aromatic heterocycles. The van der Waals surface area contributed by atoms with Crippen LogP contribution in [0.3, 0.4) is 0 Å². The second kappa shape index (κ2) is 8.24. The third-order valence-corrected chi connectivity index (χ3v) is 6.44. The lowest BCUT2D eigenvalue weighted by molar-refractivity contribution is 0.0954. The van der Waals surface area contributed by atoms with Crippen LogP contribution in [0.15, 0.2) is 24.5 Å². The minimum Gasteiger partial charge on any atom is -0.497 e. The van der Waals surface area contributed by atoms with Gasteiger partial charge >= 0.3 is 0 Å². The van der Waals surface area contributed by atoms with Gasteiger partial charge in [0.2, 0.25) is 0 Å². The zero-order chi connectivity index (χ0) is 20.4. The van der Waals surface area contributed by atoms with Crippen molar-refractivity contribution in [2.24, 2.45) is 0 Å². The Hall–Kier alpha value is -2.87. The van der Waals surface area contributed by atoms with Crippen molar-refractivity contribution < 1.29 is 14.3 Å². The summed E-state index contributed by atoms with van der Waals surface area (Å²) in [5, 5.41) is 4.00. The van der Waals surface area contributed by atoms with Crippen LogP contribution in [0, 0.1) is 6.92 Å². The van der Waals surface area contributed by atoms with E-state index in [2.05, 4.69) is 20.2 Å². The first kappa shape index (κ1) is 19.4. The quantitative estimate of drug-likeness (QED) is 0.667. The Kier molecular flexibility index (Phi) is 5.53. The van der Waals surface area contributed by atoms with Crippen LogP contribution in [0.5, 0.6) is 11.5 Å². The molecule has 0 aliphatic carbocycles. The van der Waals surface area contributed by atoms with Gasteiger partial charge < -0.3 is 19.7 Å². The summed E-state index contributed by atoms with van der Waals surface area (Å²) >= 11 is 1.41. The molecule has 3 aromatic rings. The maximum absolute atomic E-state index is 13.0. The maximum Gasteiger partial charge on any atom is 0.261 e. The zero-order valence-electron chi connectivity index (χ0n) is 16.8. The molecule has 1 amide bonds. The summed E-state index contributed by atoms with van der Waals surface area (Å²) in [5.41, 5.74) is 1.79. The molecule has 4 rings (SSSR count). The minimum atomic E-state index is -0.122. The maximum atomic E-state index is 13.0. The van der Waals surface area contributed by atoms with Crippen LogP contribution < -0.4 is 19.7 Å². The van der Waals surface area contributed by atoms with Crippen LogP contribution in [0.4, 0.5) is 5.82 Å². The highest BCUT2D eigenvalue weighted by atomic mass is 32.1. The van der Waals surface area contributed by atoms with Crippen molar-refractivity contribution in [2.75, 3.05) is 32.2 Å². The van der Waals surface area contributed by atoms with E-state index in [-0.39, 0.29) is 5.91 Å². The number of hydrogen-bond acceptors (Lipinski definition) is 7. The van der Waals surface area contributed by atoms with Gasteiger partial charge in [0.05, 0.1) is 24.5 Å². The topological polar surface area (TPSA) is 76.6 Å². The highest BCUT2D eigenvalue weighted by Gasteiger charge is 2.23. The standard InChI is InChI=1S/C21H24N4O3S/c1-13-17-19(25-8-4-5-9-25)23-12-24-21(17)29-18(13)20(26)22-11-14-10-15(27-2)6-7-16(14)28-3/h6-7,10,12H,4-5,8-9,11H2,1-3H3,(H,22,26). The van der Waals surface area contributed by atoms with Gasteiger partial charge in [0.1, 0.15) is 28.5 Å². The molecule has 0 saturated carbocycles. The Balaban J connectivity index is 1.60. The van der Waals surface area contributed by atoms with Crippen LogP contribution in [0.25, 0.3) is 10.2 Å². The molecule has 1 aliphatic heterocycles. The fourth-order valence-electron chi connectivity index (χ4n) is 3.71. The van der Waals surface area contributed by atoms with Gasteiger partial charge in [0.15, 0.2) is 0 Å². The monoisotopic (exact) mass is 412 g/mol. The molecule has 0 atom stereocenters. The molecule has 1 saturated heterocycles. The van der Waals surface area contributed by atoms with Crippen LogP contribution >= 0.6 is 11.3 Å². The van der Waals surface area contributed by atoms with E-state index in [4.69, 9.17) is 9.47 Å². The molecule has 0 spiro atoms. The molecule has 3 heterocycles. The summed E-state index contributed by atoms with van der Waals surface area (Å²) < 4.78 is 10.7. The van der Waals surface area contributed by atoms with E-state index in [0.717, 1.165) is 46.0 Å². The zero-order valence-corrected chi connectivity index (χ0v) is 17.6. The predicted molar refractivity (Wildman–Crippen MR) is 114 cm³/mol. The summed E-state index contributed by atoms with van der Waals surface area (Å²) in [6, 6.07) is 5.54. The summed E-state index contributed by atoms with van der Waals surface area (Å²) in [5.74, 6) is 2.25. The first-order valence-corrected chi connectivity index (χ1v) is 10.4. The number of hydrogen-bond donors (Lipinski definition) is 1. The number of benzene rings is 1. The fraction of sp³-hybridized carbons (Fsp3) is 0.381. The van der Waals surface area contributed by atoms with E-state index < -0.39 is 0 Å². The number of aromatic nitrogens is 2. The number of nitrogens with zero attached hydrogens (tertiary/aromatic N) is 3. The van der Waals surface area contributed by atoms with E-state index >= 15 is 0 Å². The first-order valence-electron chi connectivity index (χ1n) is 9.60. The SMILES string of the molecule is COc1ccc(OC)c(CNC(=O)c2sc3ncnc(N4CCCC4)c3c2C)c1. The highest BCUT2D eigenvalue weighted by molar-refractivity contribution is 7.20. The molecule has 7 nitrogen and oxygen atoms in total. The molecule has 1 aromatic carbocycles. The Labute approximate surface area is 173 Å². The Morgan fingerprint density at radius 3 is 2.72 bits per heavy atom. The Morgan fingerprint density at radius 1 is 1.21 bits per heavy atom. The van der Waals surface area contributed by atoms with Gasteiger partial charge in [-0.3, -0.25) is 4.79 Å². The van der Waals surface area contributed by atoms with Gasteiger partial charge in [-0.2, -0.15) is 0 Å². The molecule has 1 aliphatic rings. The lowest BCUT2D eigenvalue weighted by atomic mass is 10.1. The first-order chi connectivity index (χ1) is 14.1. The van der Waals surface area contributed by atoms with Gasteiger partial charge in [-0.15, -0.1) is 11.3 Å². The van der Waals surface area contributed by atoms with Crippen molar-refractivity contribution in [1.29, 1.82) is 0 Å². The number of aryl methyl sites for hydroxylation is 1. The van der Waals surface area contributed by atoms with Crippen molar-refractivity contribution in [3.63, 3.8) is 0 Å². The molecule has 1 fully saturated rings. The van der Waals surface area contributed by atoms with Gasteiger partial charge in [-0.25, -0.2) is 9.97 Å². The third kappa shape index (κ3) is 3.72. The van der Waals surface area contributed by atoms with E-state index in [0.29, 0.717) is 17.2 Å². The second-order valence-corrected chi connectivity index (χ2v) is 7.99. The number of carbonyl (C=O) groups is 1. The van der Waals surface area contributed by atoms with Crippen molar-refractivity contribution >= 4 is 33.3 Å². The third-order valence-electron chi connectivity index (χ3n) is 5.25. The molecular weight excluding hydrogens is 388 g/mol. The van der Waals surface area contributed by atoms with Crippen LogP contribution in [-0.4, -0.2) is 43.2 Å². The summed E-state index contributed by atoms with van der Waals surface area (Å²) in [7, 11) is 3.23. The Morgan fingerprint density at radius 2 is 2.00 bits per heavy atom. The van der Waals surface area contributed by atoms with Gasteiger partial charge in [0.25, 0.3) is 5.91 Å². The number of ether oxygens (including phenoxy) is 2. The summed E-state index contributed by atoms with van der Waals surface area (Å²) in [6.45, 7) is 4.32. The number of rotatable bonds is 6. The highest BCUT2D eigenvalue weighted by Crippen LogP contribution is 2.36. The van der Waals surface area contributed by atoms with Gasteiger partial charge in [-0.05, 0) is 43.5 Å². The molecular formula is C21H24N4O3S. The smallest absolute Gasteiger partial charge is 0.261 e. The van der Waals surface area contributed by atoms with Crippen LogP contribution in [0.1, 0.15) is 33.6 Å². The van der Waals surface area contributed by atoms with Crippen LogP contribution in [-0.2, 0) is 6.54 Å². The molecule has 8 heteroatoms. The van der Waals surface area contributed by atoms with E-state index in [9.17, 15) is 4.79 Å². The van der Waals surface area contributed by atoms with Crippen molar-refractivity contribution in [3.8, 4) is 11.5 Å². The molecule has 1 N–H and O–H groups in total. The van der Waals surface area contributed by atoms with Crippen molar-refractivity contribution in [2.45, 2.75) is 26.3 Å². The number of amides is 1. The average Bonchev–Trinajstić information content (AvgIpc) is 3.40. The van der Waals surface area contributed by atoms with E-state index in [1.165, 1.54) is 24.2 Å². The summed E-state index contributed by atoms with van der Waals surface area (Å²) in [6.07, 6.45) is 3.93. The average molecular weight is 413 g/mol. The molecule has 0 radical (unpaired) electrons. The lowest BCUT2D eigenvalue weighted by Gasteiger charge is -2.17. The number of fused-ring (bicyclic) bond motifs is 1. The number of methoxy groups -OCH3 is 2. The number of thiophene rings is 1. The number of nitrogens with one attached hydrogen (secondary N) is 1. The number of anilines is 1. The van der Waals surface area contributed by atoms with Gasteiger partial charge in [0, 0.05) is 25.2 Å². The molecule has 152 valence electrons. The molecule has 0 unspecified atom stereocenters. The second-order valence-electron chi connectivity index (χ2n) is 6.99. The van der Waals surface area contributed by atoms with Crippen molar-refractivity contribution in [3.05, 3.63) is 40.5 Å². The molecule has 0 bridgehead atoms. The minimum absolute atomic E-state index is 0.122. The van der Waals surface area contributed by atoms with Gasteiger partial charge in [-0.1, -0.05) is 0 Å². The predicted octanol–water partition coefficient (Wildman–Crippen LogP) is 3.55. The van der Waals surface area contributed by atoms with Crippen molar-refractivity contribution in [1.82, 2.24) is 15.3 Å². The lowest BCUT2D eigenvalue weighted by Crippen LogP contribution is -2.23. The fourth-order valence-corrected chi connectivity index (χ4v) is 4.77. The Bertz CT molecular complexity index is 1040. The largest absolute Gasteiger partial charge is 0.497 e. The summed E-state index contributed by atoms with van der Waals surface area (Å²) in [4.78, 5) is 25.7. The molecule has 29 heavy (non-hydrogen) atoms. The normalized spacial score (nSPS) is 13.7. The van der Waals surface area contributed by atoms with E-state index in [1.807, 2.05) is 25.1 Å².